The molecule has 0 saturated carbocycles. The summed E-state index contributed by atoms with van der Waals surface area (Å²) in [6, 6.07) is 0. The van der Waals surface area contributed by atoms with Crippen molar-refractivity contribution in [1.82, 2.24) is 0 Å². The first-order chi connectivity index (χ1) is 3.71. The molecule has 0 aliphatic rings. The second kappa shape index (κ2) is 5.40. The molecular formula is H3NaO8S2. The van der Waals surface area contributed by atoms with Crippen LogP contribution in [0.5, 0.6) is 0 Å². The second-order valence-electron chi connectivity index (χ2n) is 0.924. The van der Waals surface area contributed by atoms with Gasteiger partial charge in [-0.15, -0.1) is 3.63 Å². The molecule has 11 heteroatoms. The first-order valence-electron chi connectivity index (χ1n) is 1.37. The van der Waals surface area contributed by atoms with Crippen LogP contribution in [0.3, 0.4) is 0 Å². The average molecular weight is 218 g/mol. The molecular weight excluding hydrogens is 215 g/mol. The maximum absolute atomic E-state index is 9.44. The minimum absolute atomic E-state index is 0. The van der Waals surface area contributed by atoms with Crippen LogP contribution < -0.4 is 29.6 Å². The fourth-order valence-electron chi connectivity index (χ4n) is 0.109. The summed E-state index contributed by atoms with van der Waals surface area (Å²) in [5.41, 5.74) is 0. The first kappa shape index (κ1) is 17.7. The van der Waals surface area contributed by atoms with Crippen molar-refractivity contribution < 1.29 is 64.6 Å². The van der Waals surface area contributed by atoms with Gasteiger partial charge in [-0.2, -0.15) is 16.8 Å². The number of hydrogen-bond donors (Lipinski definition) is 2. The van der Waals surface area contributed by atoms with Crippen molar-refractivity contribution in [1.29, 1.82) is 0 Å². The molecule has 0 fully saturated rings. The molecule has 8 nitrogen and oxygen atoms in total. The molecule has 0 aromatic rings. The molecule has 0 aromatic carbocycles. The Kier molecular flexibility index (Phi) is 8.70. The maximum Gasteiger partial charge on any atom is 1.00 e. The van der Waals surface area contributed by atoms with Crippen LogP contribution in [0.4, 0.5) is 0 Å². The Hall–Kier alpha value is 0.740. The van der Waals surface area contributed by atoms with Crippen molar-refractivity contribution in [3.63, 3.8) is 0 Å². The summed E-state index contributed by atoms with van der Waals surface area (Å²) in [6.07, 6.45) is 0. The van der Waals surface area contributed by atoms with Crippen molar-refractivity contribution >= 4 is 20.8 Å². The number of rotatable bonds is 2. The maximum atomic E-state index is 9.44. The van der Waals surface area contributed by atoms with Crippen molar-refractivity contribution in [3.05, 3.63) is 0 Å². The molecule has 0 bridgehead atoms. The summed E-state index contributed by atoms with van der Waals surface area (Å²) in [5.74, 6) is 0. The van der Waals surface area contributed by atoms with E-state index in [1.807, 2.05) is 0 Å². The molecule has 3 N–H and O–H groups in total. The summed E-state index contributed by atoms with van der Waals surface area (Å²) in [4.78, 5) is 0. The van der Waals surface area contributed by atoms with E-state index in [-0.39, 0.29) is 35.0 Å². The standard InChI is InChI=1S/Na.H2O7S2.H2O/c;1-8(2,3)7-9(4,5)6;/h;(H,1,2,3)(H,4,5,6);1H2/q+1;;/p-1. The fraction of sp³-hybridized carbons (Fsp3) is 0. The van der Waals surface area contributed by atoms with E-state index in [1.54, 1.807) is 0 Å². The van der Waals surface area contributed by atoms with E-state index in [9.17, 15) is 16.8 Å². The van der Waals surface area contributed by atoms with Gasteiger partial charge in [0.15, 0.2) is 0 Å². The smallest absolute Gasteiger partial charge is 0.870 e. The van der Waals surface area contributed by atoms with Gasteiger partial charge in [-0.05, 0) is 0 Å². The van der Waals surface area contributed by atoms with Crippen molar-refractivity contribution in [3.8, 4) is 0 Å². The zero-order valence-corrected chi connectivity index (χ0v) is 8.83. The van der Waals surface area contributed by atoms with Gasteiger partial charge in [-0.3, -0.25) is 9.11 Å². The van der Waals surface area contributed by atoms with E-state index < -0.39 is 20.8 Å². The molecule has 0 saturated heterocycles. The third-order valence-corrected chi connectivity index (χ3v) is 1.55. The topological polar surface area (TPSA) is 148 Å². The van der Waals surface area contributed by atoms with Gasteiger partial charge in [-0.25, -0.2) is 0 Å². The van der Waals surface area contributed by atoms with Gasteiger partial charge >= 0.3 is 50.4 Å². The molecule has 0 aliphatic carbocycles. The van der Waals surface area contributed by atoms with Gasteiger partial charge in [-0.1, -0.05) is 0 Å². The van der Waals surface area contributed by atoms with Crippen LogP contribution in [0.25, 0.3) is 0 Å². The van der Waals surface area contributed by atoms with Crippen LogP contribution in [0.1, 0.15) is 0 Å². The summed E-state index contributed by atoms with van der Waals surface area (Å²) in [7, 11) is -10.2. The molecule has 0 aromatic heterocycles. The third kappa shape index (κ3) is 18.1. The van der Waals surface area contributed by atoms with Gasteiger partial charge in [0.05, 0.1) is 0 Å². The normalized spacial score (nSPS) is 11.1. The van der Waals surface area contributed by atoms with E-state index in [4.69, 9.17) is 9.11 Å². The van der Waals surface area contributed by atoms with Crippen molar-refractivity contribution in [2.75, 3.05) is 0 Å². The zero-order valence-electron chi connectivity index (χ0n) is 5.20. The predicted molar refractivity (Wildman–Crippen MR) is 26.1 cm³/mol. The van der Waals surface area contributed by atoms with E-state index in [2.05, 4.69) is 3.63 Å². The Morgan fingerprint density at radius 3 is 1.09 bits per heavy atom. The van der Waals surface area contributed by atoms with Crippen LogP contribution in [0.2, 0.25) is 0 Å². The average Bonchev–Trinajstić information content (AvgIpc) is 1.14. The molecule has 0 spiro atoms. The SMILES string of the molecule is O=S(=O)(O)OS(=O)(=O)O.[Na+].[OH-]. The Bertz CT molecular complexity index is 237. The van der Waals surface area contributed by atoms with Gasteiger partial charge < -0.3 is 5.48 Å². The van der Waals surface area contributed by atoms with E-state index >= 15 is 0 Å². The second-order valence-corrected chi connectivity index (χ2v) is 3.18. The summed E-state index contributed by atoms with van der Waals surface area (Å²) in [6.45, 7) is 0. The van der Waals surface area contributed by atoms with Crippen LogP contribution in [-0.4, -0.2) is 31.4 Å². The van der Waals surface area contributed by atoms with Gasteiger partial charge in [0.1, 0.15) is 0 Å². The van der Waals surface area contributed by atoms with E-state index in [1.165, 1.54) is 0 Å². The molecule has 0 amide bonds. The largest absolute Gasteiger partial charge is 1.00 e. The molecule has 0 atom stereocenters. The molecule has 0 radical (unpaired) electrons. The Morgan fingerprint density at radius 1 is 0.909 bits per heavy atom. The van der Waals surface area contributed by atoms with Gasteiger partial charge in [0, 0.05) is 0 Å². The Morgan fingerprint density at radius 2 is 1.09 bits per heavy atom. The molecule has 64 valence electrons. The summed E-state index contributed by atoms with van der Waals surface area (Å²) in [5, 5.41) is 0. The predicted octanol–water partition coefficient (Wildman–Crippen LogP) is -4.56. The van der Waals surface area contributed by atoms with Crippen LogP contribution in [0, 0.1) is 0 Å². The van der Waals surface area contributed by atoms with E-state index in [0.29, 0.717) is 0 Å². The monoisotopic (exact) mass is 218 g/mol. The molecule has 0 heterocycles. The van der Waals surface area contributed by atoms with E-state index in [0.717, 1.165) is 0 Å². The number of hydrogen-bond acceptors (Lipinski definition) is 6. The van der Waals surface area contributed by atoms with Crippen LogP contribution in [-0.2, 0) is 24.4 Å². The Labute approximate surface area is 85.1 Å². The summed E-state index contributed by atoms with van der Waals surface area (Å²) >= 11 is 0. The van der Waals surface area contributed by atoms with Crippen molar-refractivity contribution in [2.24, 2.45) is 0 Å². The third-order valence-electron chi connectivity index (χ3n) is 0.172. The Balaban J connectivity index is -0.000000320. The molecule has 0 rings (SSSR count). The van der Waals surface area contributed by atoms with Crippen LogP contribution in [0.15, 0.2) is 0 Å². The van der Waals surface area contributed by atoms with Gasteiger partial charge in [0.2, 0.25) is 0 Å². The quantitative estimate of drug-likeness (QED) is 0.347. The minimum Gasteiger partial charge on any atom is -0.870 e. The molecule has 0 unspecified atom stereocenters. The summed E-state index contributed by atoms with van der Waals surface area (Å²) < 4.78 is 55.6. The molecule has 0 aliphatic heterocycles. The minimum atomic E-state index is -5.12. The molecule has 11 heavy (non-hydrogen) atoms. The first-order valence-corrected chi connectivity index (χ1v) is 4.10. The van der Waals surface area contributed by atoms with Gasteiger partial charge in [0.25, 0.3) is 0 Å². The zero-order chi connectivity index (χ0) is 7.71. The fourth-order valence-corrected chi connectivity index (χ4v) is 0.978. The van der Waals surface area contributed by atoms with Crippen molar-refractivity contribution in [2.45, 2.75) is 0 Å². The van der Waals surface area contributed by atoms with Crippen LogP contribution >= 0.6 is 0 Å².